The number of primary sulfonamides is 1. The van der Waals surface area contributed by atoms with Gasteiger partial charge in [0.25, 0.3) is 0 Å². The lowest BCUT2D eigenvalue weighted by molar-refractivity contribution is 0.598. The molecule has 0 fully saturated rings. The van der Waals surface area contributed by atoms with Gasteiger partial charge in [-0.05, 0) is 38.1 Å². The second kappa shape index (κ2) is 5.80. The van der Waals surface area contributed by atoms with Crippen LogP contribution in [0.2, 0.25) is 0 Å². The van der Waals surface area contributed by atoms with Crippen LogP contribution in [0.3, 0.4) is 0 Å². The predicted octanol–water partition coefficient (Wildman–Crippen LogP) is -0.0264. The first-order chi connectivity index (χ1) is 8.32. The summed E-state index contributed by atoms with van der Waals surface area (Å²) in [6.45, 7) is 3.81. The maximum absolute atomic E-state index is 11.1. The molecule has 0 aliphatic heterocycles. The van der Waals surface area contributed by atoms with E-state index < -0.39 is 10.0 Å². The maximum Gasteiger partial charge on any atom is 0.238 e. The standard InChI is InChI=1S/C10H17N5O2S/c1-7(2)13-10(15-11)14-8-3-5-9(6-4-8)18(12,16)17/h3-7H,11H2,1-2H3,(H2,12,16,17)(H2,13,14,15). The molecule has 1 aromatic rings. The predicted molar refractivity (Wildman–Crippen MR) is 71.3 cm³/mol. The van der Waals surface area contributed by atoms with E-state index in [0.29, 0.717) is 11.6 Å². The van der Waals surface area contributed by atoms with Gasteiger partial charge in [0.1, 0.15) is 0 Å². The van der Waals surface area contributed by atoms with Crippen molar-refractivity contribution in [2.75, 3.05) is 5.32 Å². The highest BCUT2D eigenvalue weighted by atomic mass is 32.2. The molecule has 0 saturated carbocycles. The topological polar surface area (TPSA) is 123 Å². The summed E-state index contributed by atoms with van der Waals surface area (Å²) in [5.41, 5.74) is 3.08. The van der Waals surface area contributed by atoms with Crippen LogP contribution in [-0.4, -0.2) is 20.4 Å². The van der Waals surface area contributed by atoms with Gasteiger partial charge in [-0.3, -0.25) is 5.43 Å². The molecule has 0 atom stereocenters. The fraction of sp³-hybridized carbons (Fsp3) is 0.300. The molecule has 6 N–H and O–H groups in total. The van der Waals surface area contributed by atoms with Gasteiger partial charge in [-0.2, -0.15) is 0 Å². The van der Waals surface area contributed by atoms with E-state index in [1.54, 1.807) is 12.1 Å². The molecule has 1 aromatic carbocycles. The summed E-state index contributed by atoms with van der Waals surface area (Å²) in [4.78, 5) is 4.24. The van der Waals surface area contributed by atoms with Gasteiger partial charge in [-0.15, -0.1) is 0 Å². The first-order valence-electron chi connectivity index (χ1n) is 5.27. The molecule has 0 aromatic heterocycles. The van der Waals surface area contributed by atoms with Gasteiger partial charge in [0.2, 0.25) is 16.0 Å². The van der Waals surface area contributed by atoms with Crippen LogP contribution in [-0.2, 0) is 10.0 Å². The molecule has 0 radical (unpaired) electrons. The maximum atomic E-state index is 11.1. The third-order valence-corrected chi connectivity index (χ3v) is 2.90. The van der Waals surface area contributed by atoms with Gasteiger partial charge in [0.15, 0.2) is 0 Å². The zero-order valence-electron chi connectivity index (χ0n) is 10.2. The van der Waals surface area contributed by atoms with Crippen LogP contribution in [0.1, 0.15) is 13.8 Å². The van der Waals surface area contributed by atoms with Crippen LogP contribution in [0.25, 0.3) is 0 Å². The summed E-state index contributed by atoms with van der Waals surface area (Å²) in [5.74, 6) is 5.71. The lowest BCUT2D eigenvalue weighted by Crippen LogP contribution is -2.36. The molecule has 0 saturated heterocycles. The number of hydrogen-bond acceptors (Lipinski definition) is 4. The Morgan fingerprint density at radius 1 is 1.28 bits per heavy atom. The SMILES string of the molecule is CC(C)N=C(NN)Nc1ccc(S(N)(=O)=O)cc1. The van der Waals surface area contributed by atoms with Crippen molar-refractivity contribution in [2.24, 2.45) is 16.0 Å². The molecule has 8 heteroatoms. The second-order valence-corrected chi connectivity index (χ2v) is 5.47. The van der Waals surface area contributed by atoms with Gasteiger partial charge in [-0.1, -0.05) is 0 Å². The number of rotatable bonds is 3. The van der Waals surface area contributed by atoms with Gasteiger partial charge in [-0.25, -0.2) is 24.4 Å². The molecule has 100 valence electrons. The van der Waals surface area contributed by atoms with Crippen molar-refractivity contribution in [1.82, 2.24) is 5.43 Å². The number of benzene rings is 1. The lowest BCUT2D eigenvalue weighted by Gasteiger charge is -2.10. The third-order valence-electron chi connectivity index (χ3n) is 1.97. The minimum absolute atomic E-state index is 0.0520. The largest absolute Gasteiger partial charge is 0.325 e. The summed E-state index contributed by atoms with van der Waals surface area (Å²) in [6, 6.07) is 6.04. The molecule has 0 aliphatic rings. The van der Waals surface area contributed by atoms with Crippen LogP contribution in [0.5, 0.6) is 0 Å². The monoisotopic (exact) mass is 271 g/mol. The van der Waals surface area contributed by atoms with Crippen LogP contribution in [0.4, 0.5) is 5.69 Å². The molecule has 7 nitrogen and oxygen atoms in total. The first-order valence-corrected chi connectivity index (χ1v) is 6.82. The van der Waals surface area contributed by atoms with Gasteiger partial charge >= 0.3 is 0 Å². The normalized spacial score (nSPS) is 12.6. The number of aliphatic imine (C=N–C) groups is 1. The summed E-state index contributed by atoms with van der Waals surface area (Å²) in [6.07, 6.45) is 0. The van der Waals surface area contributed by atoms with E-state index in [0.717, 1.165) is 0 Å². The van der Waals surface area contributed by atoms with E-state index >= 15 is 0 Å². The number of hydrazine groups is 1. The van der Waals surface area contributed by atoms with Crippen molar-refractivity contribution in [3.05, 3.63) is 24.3 Å². The van der Waals surface area contributed by atoms with E-state index in [2.05, 4.69) is 15.7 Å². The Balaban J connectivity index is 2.87. The number of nitrogens with two attached hydrogens (primary N) is 2. The van der Waals surface area contributed by atoms with Crippen molar-refractivity contribution in [1.29, 1.82) is 0 Å². The molecule has 0 aliphatic carbocycles. The molecule has 0 amide bonds. The minimum atomic E-state index is -3.67. The number of anilines is 1. The molecule has 0 heterocycles. The van der Waals surface area contributed by atoms with Crippen molar-refractivity contribution in [2.45, 2.75) is 24.8 Å². The van der Waals surface area contributed by atoms with Gasteiger partial charge in [0, 0.05) is 11.7 Å². The Hall–Kier alpha value is -1.64. The molecule has 0 unspecified atom stereocenters. The number of nitrogens with zero attached hydrogens (tertiary/aromatic N) is 1. The molecule has 18 heavy (non-hydrogen) atoms. The first kappa shape index (κ1) is 14.4. The van der Waals surface area contributed by atoms with Crippen LogP contribution in [0, 0.1) is 0 Å². The second-order valence-electron chi connectivity index (χ2n) is 3.91. The third kappa shape index (κ3) is 4.32. The van der Waals surface area contributed by atoms with Crippen LogP contribution >= 0.6 is 0 Å². The summed E-state index contributed by atoms with van der Waals surface area (Å²) < 4.78 is 22.1. The number of guanidine groups is 1. The van der Waals surface area contributed by atoms with Gasteiger partial charge in [0.05, 0.1) is 4.90 Å². The highest BCUT2D eigenvalue weighted by Crippen LogP contribution is 2.12. The number of sulfonamides is 1. The number of hydrogen-bond donors (Lipinski definition) is 4. The molecular formula is C10H17N5O2S. The van der Waals surface area contributed by atoms with Crippen LogP contribution < -0.4 is 21.7 Å². The fourth-order valence-corrected chi connectivity index (χ4v) is 1.74. The summed E-state index contributed by atoms with van der Waals surface area (Å²) >= 11 is 0. The smallest absolute Gasteiger partial charge is 0.238 e. The zero-order valence-corrected chi connectivity index (χ0v) is 11.0. The number of nitrogens with one attached hydrogen (secondary N) is 2. The Morgan fingerprint density at radius 3 is 2.22 bits per heavy atom. The Bertz CT molecular complexity index is 522. The summed E-state index contributed by atoms with van der Waals surface area (Å²) in [5, 5.41) is 7.91. The molecule has 1 rings (SSSR count). The van der Waals surface area contributed by atoms with E-state index in [-0.39, 0.29) is 10.9 Å². The Morgan fingerprint density at radius 2 is 1.83 bits per heavy atom. The van der Waals surface area contributed by atoms with E-state index in [4.69, 9.17) is 11.0 Å². The molecule has 0 spiro atoms. The van der Waals surface area contributed by atoms with Crippen molar-refractivity contribution in [3.8, 4) is 0 Å². The van der Waals surface area contributed by atoms with Crippen molar-refractivity contribution >= 4 is 21.7 Å². The highest BCUT2D eigenvalue weighted by Gasteiger charge is 2.07. The Labute approximate surface area is 106 Å². The van der Waals surface area contributed by atoms with Crippen molar-refractivity contribution in [3.63, 3.8) is 0 Å². The van der Waals surface area contributed by atoms with E-state index in [1.165, 1.54) is 12.1 Å². The van der Waals surface area contributed by atoms with Crippen molar-refractivity contribution < 1.29 is 8.42 Å². The minimum Gasteiger partial charge on any atom is -0.325 e. The van der Waals surface area contributed by atoms with Gasteiger partial charge < -0.3 is 5.32 Å². The molecule has 0 bridgehead atoms. The quantitative estimate of drug-likeness (QED) is 0.266. The average molecular weight is 271 g/mol. The molecular weight excluding hydrogens is 254 g/mol. The Kier molecular flexibility index (Phi) is 4.65. The fourth-order valence-electron chi connectivity index (χ4n) is 1.23. The lowest BCUT2D eigenvalue weighted by atomic mass is 10.3. The average Bonchev–Trinajstić information content (AvgIpc) is 2.27. The summed E-state index contributed by atoms with van der Waals surface area (Å²) in [7, 11) is -3.67. The zero-order chi connectivity index (χ0) is 13.8. The highest BCUT2D eigenvalue weighted by molar-refractivity contribution is 7.89. The van der Waals surface area contributed by atoms with E-state index in [9.17, 15) is 8.42 Å². The van der Waals surface area contributed by atoms with E-state index in [1.807, 2.05) is 13.8 Å². The van der Waals surface area contributed by atoms with Crippen LogP contribution in [0.15, 0.2) is 34.2 Å².